The van der Waals surface area contributed by atoms with Crippen LogP contribution in [0.25, 0.3) is 0 Å². The summed E-state index contributed by atoms with van der Waals surface area (Å²) in [5, 5.41) is 16.7. The van der Waals surface area contributed by atoms with E-state index in [1.54, 1.807) is 6.07 Å². The summed E-state index contributed by atoms with van der Waals surface area (Å²) in [4.78, 5) is 37.3. The Morgan fingerprint density at radius 3 is 2.81 bits per heavy atom. The van der Waals surface area contributed by atoms with Crippen LogP contribution in [0.3, 0.4) is 0 Å². The SMILES string of the molecule is CCCC(=O)N1CCC(Nc2cc(C(=O)NC[C@H](O)CN3CCC4=C(CC(C)C=C4)C3)ncn2)CC1. The van der Waals surface area contributed by atoms with Crippen LogP contribution in [0.1, 0.15) is 62.9 Å². The average molecular weight is 497 g/mol. The van der Waals surface area contributed by atoms with E-state index in [1.807, 2.05) is 11.8 Å². The molecule has 0 spiro atoms. The number of hydrogen-bond acceptors (Lipinski definition) is 7. The molecule has 1 unspecified atom stereocenters. The first kappa shape index (κ1) is 26.3. The van der Waals surface area contributed by atoms with Gasteiger partial charge in [0, 0.05) is 57.8 Å². The second-order valence-electron chi connectivity index (χ2n) is 10.4. The van der Waals surface area contributed by atoms with Crippen molar-refractivity contribution in [1.82, 2.24) is 25.1 Å². The second kappa shape index (κ2) is 12.5. The number of piperidine rings is 1. The lowest BCUT2D eigenvalue weighted by Crippen LogP contribution is -2.43. The maximum absolute atomic E-state index is 12.7. The van der Waals surface area contributed by atoms with Crippen LogP contribution in [-0.4, -0.2) is 88.1 Å². The summed E-state index contributed by atoms with van der Waals surface area (Å²) in [6.45, 7) is 8.25. The molecule has 2 atom stereocenters. The number of aliphatic hydroxyl groups is 1. The van der Waals surface area contributed by atoms with Crippen LogP contribution in [0.15, 0.2) is 35.7 Å². The van der Waals surface area contributed by atoms with Crippen LogP contribution in [-0.2, 0) is 4.79 Å². The van der Waals surface area contributed by atoms with E-state index in [2.05, 4.69) is 44.6 Å². The van der Waals surface area contributed by atoms with Crippen molar-refractivity contribution in [3.8, 4) is 0 Å². The van der Waals surface area contributed by atoms with Gasteiger partial charge in [0.05, 0.1) is 6.10 Å². The molecule has 196 valence electrons. The van der Waals surface area contributed by atoms with Gasteiger partial charge in [-0.05, 0) is 43.6 Å². The number of nitrogens with zero attached hydrogens (tertiary/aromatic N) is 4. The molecular weight excluding hydrogens is 456 g/mol. The van der Waals surface area contributed by atoms with Crippen LogP contribution >= 0.6 is 0 Å². The number of likely N-dealkylation sites (tertiary alicyclic amines) is 1. The minimum atomic E-state index is -0.646. The van der Waals surface area contributed by atoms with Crippen LogP contribution in [0.2, 0.25) is 0 Å². The second-order valence-corrected chi connectivity index (χ2v) is 10.4. The van der Waals surface area contributed by atoms with Gasteiger partial charge in [0.1, 0.15) is 17.8 Å². The normalized spacial score (nSPS) is 21.8. The summed E-state index contributed by atoms with van der Waals surface area (Å²) >= 11 is 0. The largest absolute Gasteiger partial charge is 0.390 e. The van der Waals surface area contributed by atoms with Crippen molar-refractivity contribution in [3.05, 3.63) is 41.4 Å². The zero-order chi connectivity index (χ0) is 25.5. The summed E-state index contributed by atoms with van der Waals surface area (Å²) in [5.41, 5.74) is 3.20. The molecule has 9 heteroatoms. The summed E-state index contributed by atoms with van der Waals surface area (Å²) < 4.78 is 0. The average Bonchev–Trinajstić information content (AvgIpc) is 2.88. The number of aromatic nitrogens is 2. The molecule has 0 radical (unpaired) electrons. The standard InChI is InChI=1S/C27H40N6O3/c1-3-4-26(35)33-11-8-22(9-12-33)31-25-14-24(29-18-30-25)27(36)28-15-23(34)17-32-10-7-20-6-5-19(2)13-21(20)16-32/h5-6,14,18-19,22-23,34H,3-4,7-13,15-17H2,1-2H3,(H,28,36)(H,29,30,31)/t19?,23-/m0/s1. The van der Waals surface area contributed by atoms with Crippen molar-refractivity contribution >= 4 is 17.6 Å². The molecule has 4 rings (SSSR count). The van der Waals surface area contributed by atoms with Gasteiger partial charge in [-0.2, -0.15) is 0 Å². The maximum Gasteiger partial charge on any atom is 0.270 e. The summed E-state index contributed by atoms with van der Waals surface area (Å²) in [6.07, 6.45) is 10.6. The molecule has 3 aliphatic rings. The van der Waals surface area contributed by atoms with E-state index in [1.165, 1.54) is 17.5 Å². The Labute approximate surface area is 214 Å². The van der Waals surface area contributed by atoms with Gasteiger partial charge in [0.2, 0.25) is 5.91 Å². The predicted octanol–water partition coefficient (Wildman–Crippen LogP) is 2.37. The number of carbonyl (C=O) groups is 2. The molecule has 1 aliphatic carbocycles. The third kappa shape index (κ3) is 7.13. The van der Waals surface area contributed by atoms with Gasteiger partial charge < -0.3 is 20.6 Å². The molecule has 3 N–H and O–H groups in total. The van der Waals surface area contributed by atoms with Gasteiger partial charge in [0.15, 0.2) is 0 Å². The van der Waals surface area contributed by atoms with Gasteiger partial charge in [-0.15, -0.1) is 0 Å². The van der Waals surface area contributed by atoms with Crippen molar-refractivity contribution in [1.29, 1.82) is 0 Å². The Bertz CT molecular complexity index is 985. The van der Waals surface area contributed by atoms with Crippen LogP contribution in [0, 0.1) is 5.92 Å². The molecule has 1 saturated heterocycles. The number of nitrogens with one attached hydrogen (secondary N) is 2. The Morgan fingerprint density at radius 2 is 2.03 bits per heavy atom. The van der Waals surface area contributed by atoms with Gasteiger partial charge in [-0.3, -0.25) is 14.5 Å². The molecule has 0 bridgehead atoms. The highest BCUT2D eigenvalue weighted by Gasteiger charge is 2.24. The lowest BCUT2D eigenvalue weighted by molar-refractivity contribution is -0.132. The number of β-amino-alcohol motifs (C(OH)–C–C–N with tert-alkyl or cyclic N) is 1. The number of hydrogen-bond donors (Lipinski definition) is 3. The molecule has 0 saturated carbocycles. The van der Waals surface area contributed by atoms with Crippen molar-refractivity contribution in [2.75, 3.05) is 44.6 Å². The van der Waals surface area contributed by atoms with Gasteiger partial charge in [0.25, 0.3) is 5.91 Å². The highest BCUT2D eigenvalue weighted by molar-refractivity contribution is 5.92. The van der Waals surface area contributed by atoms with Gasteiger partial charge >= 0.3 is 0 Å². The van der Waals surface area contributed by atoms with E-state index < -0.39 is 6.10 Å². The topological polar surface area (TPSA) is 111 Å². The molecular formula is C27H40N6O3. The van der Waals surface area contributed by atoms with Crippen molar-refractivity contribution in [2.24, 2.45) is 5.92 Å². The third-order valence-electron chi connectivity index (χ3n) is 7.29. The Hall–Kier alpha value is -2.78. The summed E-state index contributed by atoms with van der Waals surface area (Å²) in [7, 11) is 0. The number of carbonyl (C=O) groups excluding carboxylic acids is 2. The summed E-state index contributed by atoms with van der Waals surface area (Å²) in [6, 6.07) is 1.85. The molecule has 1 aromatic rings. The van der Waals surface area contributed by atoms with Crippen molar-refractivity contribution in [3.63, 3.8) is 0 Å². The zero-order valence-electron chi connectivity index (χ0n) is 21.6. The Morgan fingerprint density at radius 1 is 1.22 bits per heavy atom. The van der Waals surface area contributed by atoms with Crippen molar-refractivity contribution in [2.45, 2.75) is 64.5 Å². The Balaban J connectivity index is 1.21. The van der Waals surface area contributed by atoms with E-state index in [0.29, 0.717) is 24.7 Å². The molecule has 36 heavy (non-hydrogen) atoms. The summed E-state index contributed by atoms with van der Waals surface area (Å²) in [5.74, 6) is 1.07. The fourth-order valence-corrected chi connectivity index (χ4v) is 5.27. The highest BCUT2D eigenvalue weighted by atomic mass is 16.3. The van der Waals surface area contributed by atoms with Crippen molar-refractivity contribution < 1.29 is 14.7 Å². The minimum absolute atomic E-state index is 0.175. The Kier molecular flexibility index (Phi) is 9.09. The molecule has 3 heterocycles. The molecule has 2 amide bonds. The zero-order valence-corrected chi connectivity index (χ0v) is 21.6. The first-order chi connectivity index (χ1) is 17.4. The van der Waals surface area contributed by atoms with Crippen LogP contribution in [0.4, 0.5) is 5.82 Å². The molecule has 1 aromatic heterocycles. The minimum Gasteiger partial charge on any atom is -0.390 e. The first-order valence-electron chi connectivity index (χ1n) is 13.3. The van der Waals surface area contributed by atoms with E-state index in [4.69, 9.17) is 0 Å². The fourth-order valence-electron chi connectivity index (χ4n) is 5.27. The van der Waals surface area contributed by atoms with E-state index in [0.717, 1.165) is 58.3 Å². The maximum atomic E-state index is 12.7. The van der Waals surface area contributed by atoms with Crippen LogP contribution < -0.4 is 10.6 Å². The van der Waals surface area contributed by atoms with Gasteiger partial charge in [-0.1, -0.05) is 31.6 Å². The molecule has 9 nitrogen and oxygen atoms in total. The smallest absolute Gasteiger partial charge is 0.270 e. The van der Waals surface area contributed by atoms with Gasteiger partial charge in [-0.25, -0.2) is 9.97 Å². The van der Waals surface area contributed by atoms with E-state index in [-0.39, 0.29) is 30.1 Å². The number of rotatable bonds is 9. The highest BCUT2D eigenvalue weighted by Crippen LogP contribution is 2.29. The lowest BCUT2D eigenvalue weighted by Gasteiger charge is -2.34. The molecule has 0 aromatic carbocycles. The number of aliphatic hydroxyl groups excluding tert-OH is 1. The van der Waals surface area contributed by atoms with Crippen LogP contribution in [0.5, 0.6) is 0 Å². The number of amides is 2. The molecule has 1 fully saturated rings. The van der Waals surface area contributed by atoms with E-state index >= 15 is 0 Å². The lowest BCUT2D eigenvalue weighted by atomic mass is 9.87. The molecule has 2 aliphatic heterocycles. The quantitative estimate of drug-likeness (QED) is 0.481. The fraction of sp³-hybridized carbons (Fsp3) is 0.630. The van der Waals surface area contributed by atoms with E-state index in [9.17, 15) is 14.7 Å². The number of allylic oxidation sites excluding steroid dienone is 2. The predicted molar refractivity (Wildman–Crippen MR) is 140 cm³/mol. The first-order valence-corrected chi connectivity index (χ1v) is 13.3. The number of anilines is 1. The third-order valence-corrected chi connectivity index (χ3v) is 7.29. The monoisotopic (exact) mass is 496 g/mol.